The molecule has 0 spiro atoms. The van der Waals surface area contributed by atoms with E-state index in [2.05, 4.69) is 0 Å². The number of rotatable bonds is 5. The van der Waals surface area contributed by atoms with E-state index in [4.69, 9.17) is 4.74 Å². The molecule has 2 heterocycles. The Hall–Kier alpha value is -2.11. The van der Waals surface area contributed by atoms with Crippen LogP contribution in [0.25, 0.3) is 0 Å². The van der Waals surface area contributed by atoms with Gasteiger partial charge in [0.05, 0.1) is 18.2 Å². The maximum absolute atomic E-state index is 14.3. The lowest BCUT2D eigenvalue weighted by Gasteiger charge is -2.36. The fraction of sp³-hybridized carbons (Fsp3) is 0.556. The van der Waals surface area contributed by atoms with Crippen LogP contribution in [-0.4, -0.2) is 49.6 Å². The smallest absolute Gasteiger partial charge is 0.311 e. The minimum absolute atomic E-state index is 0.155. The van der Waals surface area contributed by atoms with E-state index in [1.54, 1.807) is 13.0 Å². The number of carbonyl (C=O) groups is 2. The van der Waals surface area contributed by atoms with Crippen LogP contribution >= 0.6 is 0 Å². The van der Waals surface area contributed by atoms with E-state index in [0.717, 1.165) is 18.5 Å². The van der Waals surface area contributed by atoms with Gasteiger partial charge >= 0.3 is 5.97 Å². The minimum atomic E-state index is -0.298. The van der Waals surface area contributed by atoms with Crippen molar-refractivity contribution in [1.29, 1.82) is 0 Å². The Labute approximate surface area is 141 Å². The van der Waals surface area contributed by atoms with Crippen LogP contribution in [0.5, 0.6) is 0 Å². The van der Waals surface area contributed by atoms with E-state index >= 15 is 0 Å². The number of nitrogens with zero attached hydrogens (tertiary/aromatic N) is 2. The highest BCUT2D eigenvalue weighted by Crippen LogP contribution is 2.32. The molecule has 6 heteroatoms. The summed E-state index contributed by atoms with van der Waals surface area (Å²) >= 11 is 0. The zero-order valence-corrected chi connectivity index (χ0v) is 14.0. The highest BCUT2D eigenvalue weighted by atomic mass is 19.1. The van der Waals surface area contributed by atoms with Gasteiger partial charge in [0.15, 0.2) is 0 Å². The number of benzene rings is 1. The molecule has 130 valence electrons. The Kier molecular flexibility index (Phi) is 5.02. The van der Waals surface area contributed by atoms with Crippen molar-refractivity contribution in [2.24, 2.45) is 5.92 Å². The van der Waals surface area contributed by atoms with E-state index in [1.165, 1.54) is 6.07 Å². The second-order valence-electron chi connectivity index (χ2n) is 6.33. The van der Waals surface area contributed by atoms with Gasteiger partial charge in [0.25, 0.3) is 0 Å². The molecule has 1 amide bonds. The molecular formula is C18H23FN2O3. The normalized spacial score (nSPS) is 20.2. The number of para-hydroxylation sites is 1. The number of esters is 1. The average Bonchev–Trinajstić information content (AvgIpc) is 2.98. The van der Waals surface area contributed by atoms with Crippen molar-refractivity contribution in [2.45, 2.75) is 26.2 Å². The summed E-state index contributed by atoms with van der Waals surface area (Å²) in [6.45, 7) is 4.39. The van der Waals surface area contributed by atoms with Crippen molar-refractivity contribution in [3.8, 4) is 0 Å². The van der Waals surface area contributed by atoms with Crippen LogP contribution in [0.15, 0.2) is 18.2 Å². The summed E-state index contributed by atoms with van der Waals surface area (Å²) in [5, 5.41) is 0. The number of halogens is 1. The number of hydrogen-bond acceptors (Lipinski definition) is 4. The van der Waals surface area contributed by atoms with Gasteiger partial charge in [-0.3, -0.25) is 9.59 Å². The zero-order chi connectivity index (χ0) is 17.1. The highest BCUT2D eigenvalue weighted by molar-refractivity contribution is 5.78. The third-order valence-corrected chi connectivity index (χ3v) is 4.72. The molecule has 2 aliphatic rings. The molecule has 0 aliphatic carbocycles. The maximum Gasteiger partial charge on any atom is 0.311 e. The van der Waals surface area contributed by atoms with Gasteiger partial charge in [-0.05, 0) is 31.4 Å². The first kappa shape index (κ1) is 16.7. The van der Waals surface area contributed by atoms with E-state index in [0.29, 0.717) is 44.8 Å². The molecule has 0 unspecified atom stereocenters. The van der Waals surface area contributed by atoms with Crippen molar-refractivity contribution in [1.82, 2.24) is 4.90 Å². The molecule has 0 N–H and O–H groups in total. The summed E-state index contributed by atoms with van der Waals surface area (Å²) in [7, 11) is 0. The first-order valence-corrected chi connectivity index (χ1v) is 8.57. The van der Waals surface area contributed by atoms with Crippen molar-refractivity contribution in [3.05, 3.63) is 29.6 Å². The number of likely N-dealkylation sites (tertiary alicyclic amines) is 1. The van der Waals surface area contributed by atoms with Crippen LogP contribution < -0.4 is 4.90 Å². The van der Waals surface area contributed by atoms with Crippen molar-refractivity contribution in [3.63, 3.8) is 0 Å². The minimum Gasteiger partial charge on any atom is -0.466 e. The number of anilines is 1. The molecule has 0 saturated carbocycles. The first-order valence-electron chi connectivity index (χ1n) is 8.57. The van der Waals surface area contributed by atoms with Crippen LogP contribution in [0.2, 0.25) is 0 Å². The summed E-state index contributed by atoms with van der Waals surface area (Å²) in [6.07, 6.45) is 1.97. The quantitative estimate of drug-likeness (QED) is 0.773. The van der Waals surface area contributed by atoms with Crippen LogP contribution in [0, 0.1) is 11.7 Å². The van der Waals surface area contributed by atoms with Gasteiger partial charge in [0.2, 0.25) is 5.91 Å². The second kappa shape index (κ2) is 7.20. The Balaban J connectivity index is 1.77. The Bertz CT molecular complexity index is 635. The fourth-order valence-corrected chi connectivity index (χ4v) is 3.57. The summed E-state index contributed by atoms with van der Waals surface area (Å²) in [4.78, 5) is 27.6. The lowest BCUT2D eigenvalue weighted by atomic mass is 9.92. The van der Waals surface area contributed by atoms with Gasteiger partial charge in [0.1, 0.15) is 5.82 Å². The molecule has 1 aromatic rings. The van der Waals surface area contributed by atoms with E-state index in [1.807, 2.05) is 15.9 Å². The van der Waals surface area contributed by atoms with Gasteiger partial charge in [-0.1, -0.05) is 12.1 Å². The standard InChI is InChI=1S/C18H23FN2O3/c1-2-24-18(23)14-11-13-5-3-6-15(19)17(13)21(12-14)10-9-20-8-4-7-16(20)22/h3,5-6,14H,2,4,7-12H2,1H3/t14-/m1/s1. The van der Waals surface area contributed by atoms with Crippen molar-refractivity contribution < 1.29 is 18.7 Å². The fourth-order valence-electron chi connectivity index (χ4n) is 3.57. The maximum atomic E-state index is 14.3. The van der Waals surface area contributed by atoms with E-state index in [-0.39, 0.29) is 23.6 Å². The van der Waals surface area contributed by atoms with Crippen LogP contribution in [0.4, 0.5) is 10.1 Å². The van der Waals surface area contributed by atoms with Gasteiger partial charge < -0.3 is 14.5 Å². The molecule has 0 bridgehead atoms. The number of amides is 1. The summed E-state index contributed by atoms with van der Waals surface area (Å²) in [6, 6.07) is 4.97. The second-order valence-corrected chi connectivity index (χ2v) is 6.33. The number of carbonyl (C=O) groups excluding carboxylic acids is 2. The molecule has 0 aromatic heterocycles. The third-order valence-electron chi connectivity index (χ3n) is 4.72. The molecule has 1 aromatic carbocycles. The summed E-state index contributed by atoms with van der Waals surface area (Å²) in [5.41, 5.74) is 1.39. The molecule has 1 fully saturated rings. The molecule has 1 atom stereocenters. The van der Waals surface area contributed by atoms with Crippen molar-refractivity contribution >= 4 is 17.6 Å². The van der Waals surface area contributed by atoms with E-state index < -0.39 is 0 Å². The number of hydrogen-bond donors (Lipinski definition) is 0. The van der Waals surface area contributed by atoms with Crippen LogP contribution in [0.1, 0.15) is 25.3 Å². The first-order chi connectivity index (χ1) is 11.6. The van der Waals surface area contributed by atoms with Crippen LogP contribution in [0.3, 0.4) is 0 Å². The third kappa shape index (κ3) is 3.37. The lowest BCUT2D eigenvalue weighted by molar-refractivity contribution is -0.147. The van der Waals surface area contributed by atoms with E-state index in [9.17, 15) is 14.0 Å². The monoisotopic (exact) mass is 334 g/mol. The molecule has 1 saturated heterocycles. The SMILES string of the molecule is CCOC(=O)[C@@H]1Cc2cccc(F)c2N(CCN2CCCC2=O)C1. The Morgan fingerprint density at radius 1 is 1.33 bits per heavy atom. The van der Waals surface area contributed by atoms with Crippen LogP contribution in [-0.2, 0) is 20.7 Å². The Morgan fingerprint density at radius 2 is 2.12 bits per heavy atom. The molecule has 0 radical (unpaired) electrons. The molecule has 2 aliphatic heterocycles. The molecular weight excluding hydrogens is 311 g/mol. The summed E-state index contributed by atoms with van der Waals surface area (Å²) < 4.78 is 19.5. The Morgan fingerprint density at radius 3 is 2.83 bits per heavy atom. The molecule has 24 heavy (non-hydrogen) atoms. The van der Waals surface area contributed by atoms with Crippen molar-refractivity contribution in [2.75, 3.05) is 37.7 Å². The average molecular weight is 334 g/mol. The van der Waals surface area contributed by atoms with Gasteiger partial charge in [-0.15, -0.1) is 0 Å². The largest absolute Gasteiger partial charge is 0.466 e. The topological polar surface area (TPSA) is 49.9 Å². The van der Waals surface area contributed by atoms with Gasteiger partial charge in [0, 0.05) is 32.6 Å². The predicted molar refractivity (Wildman–Crippen MR) is 88.3 cm³/mol. The number of ether oxygens (including phenoxy) is 1. The summed E-state index contributed by atoms with van der Waals surface area (Å²) in [5.74, 6) is -0.659. The van der Waals surface area contributed by atoms with Gasteiger partial charge in [-0.2, -0.15) is 0 Å². The highest BCUT2D eigenvalue weighted by Gasteiger charge is 2.32. The zero-order valence-electron chi connectivity index (χ0n) is 14.0. The molecule has 5 nitrogen and oxygen atoms in total. The van der Waals surface area contributed by atoms with Gasteiger partial charge in [-0.25, -0.2) is 4.39 Å². The number of fused-ring (bicyclic) bond motifs is 1. The lowest BCUT2D eigenvalue weighted by Crippen LogP contribution is -2.44. The predicted octanol–water partition coefficient (Wildman–Crippen LogP) is 1.99. The molecule has 3 rings (SSSR count).